The van der Waals surface area contributed by atoms with Gasteiger partial charge in [0.2, 0.25) is 0 Å². The van der Waals surface area contributed by atoms with Crippen LogP contribution in [0.15, 0.2) is 173 Å². The van der Waals surface area contributed by atoms with Crippen LogP contribution in [0, 0.1) is 53.5 Å². The molecule has 0 atom stereocenters. The average Bonchev–Trinajstić information content (AvgIpc) is 3.39. The van der Waals surface area contributed by atoms with Gasteiger partial charge in [0.1, 0.15) is 10.6 Å². The van der Waals surface area contributed by atoms with Gasteiger partial charge in [-0.2, -0.15) is 16.8 Å². The van der Waals surface area contributed by atoms with Gasteiger partial charge < -0.3 is 0 Å². The first-order valence-corrected chi connectivity index (χ1v) is 28.0. The van der Waals surface area contributed by atoms with Crippen molar-refractivity contribution in [1.29, 1.82) is 0 Å². The first-order valence-electron chi connectivity index (χ1n) is 21.3. The molecule has 0 unspecified atom stereocenters. The summed E-state index contributed by atoms with van der Waals surface area (Å²) in [4.78, 5) is 15.6. The fourth-order valence-electron chi connectivity index (χ4n) is 7.50. The van der Waals surface area contributed by atoms with E-state index in [9.17, 15) is 43.7 Å². The Morgan fingerprint density at radius 1 is 0.500 bits per heavy atom. The van der Waals surface area contributed by atoms with Crippen molar-refractivity contribution in [2.24, 2.45) is 0 Å². The molecular formula is C53H34F8O7S6. The molecule has 74 heavy (non-hydrogen) atoms. The molecule has 8 rings (SSSR count). The second-order valence-corrected chi connectivity index (χ2v) is 23.3. The van der Waals surface area contributed by atoms with Crippen molar-refractivity contribution in [3.05, 3.63) is 202 Å². The highest BCUT2D eigenvalue weighted by Gasteiger charge is 2.34. The van der Waals surface area contributed by atoms with Gasteiger partial charge in [0, 0.05) is 46.1 Å². The number of benzene rings is 8. The zero-order chi connectivity index (χ0) is 53.4. The zero-order valence-electron chi connectivity index (χ0n) is 38.3. The minimum atomic E-state index is -4.64. The van der Waals surface area contributed by atoms with Crippen molar-refractivity contribution in [1.82, 2.24) is 0 Å². The molecule has 0 bridgehead atoms. The van der Waals surface area contributed by atoms with Gasteiger partial charge in [-0.15, -0.1) is 11.8 Å². The highest BCUT2D eigenvalue weighted by atomic mass is 32.2. The van der Waals surface area contributed by atoms with Crippen LogP contribution in [0.1, 0.15) is 27.0 Å². The Kier molecular flexibility index (Phi) is 16.3. The molecule has 1 N–H and O–H groups in total. The SMILES string of the molecule is COS(=O)(=O)c1cc(C(=O)c2ccc(Sc3ccc(-c4ccc(Sc5c(F)c(F)c(-c6c(F)c(F)c(C)c(F)c6F)c(F)c5F)cc4)cc3)c(CS(=O)(=O)O)c2)ccc1Sc1ccc(-c2ccc(SC)cc2)cc1. The summed E-state index contributed by atoms with van der Waals surface area (Å²) in [5.41, 5.74) is -1.94. The van der Waals surface area contributed by atoms with Crippen LogP contribution >= 0.6 is 47.0 Å². The predicted octanol–water partition coefficient (Wildman–Crippen LogP) is 15.2. The minimum absolute atomic E-state index is 0.00793. The molecule has 0 aliphatic carbocycles. The average molecular weight is 1130 g/mol. The summed E-state index contributed by atoms with van der Waals surface area (Å²) < 4.78 is 184. The molecule has 8 aromatic carbocycles. The Labute approximate surface area is 436 Å². The van der Waals surface area contributed by atoms with Crippen molar-refractivity contribution in [2.45, 2.75) is 51.8 Å². The molecule has 0 aliphatic heterocycles. The zero-order valence-corrected chi connectivity index (χ0v) is 43.2. The standard InChI is InChI=1S/C53H34F8O7S6/c1-27-44(54)46(56)42(47(57)45(27)55)43-48(58)50(60)53(51(61)49(43)59)72-38-20-10-31(11-21-38)30-6-16-36(17-7-30)70-39-22-12-32(24-34(39)26-73(63,64)65)52(62)33-13-23-40(41(25-33)74(66,67)68-2)71-37-18-8-29(9-19-37)28-4-14-35(69-3)15-5-28/h4-25H,26H2,1-3H3,(H,63,64,65). The lowest BCUT2D eigenvalue weighted by atomic mass is 9.99. The van der Waals surface area contributed by atoms with E-state index < -0.39 is 99.9 Å². The van der Waals surface area contributed by atoms with Crippen molar-refractivity contribution in [3.63, 3.8) is 0 Å². The molecule has 0 aliphatic rings. The summed E-state index contributed by atoms with van der Waals surface area (Å²) in [6.45, 7) is 0.657. The van der Waals surface area contributed by atoms with Crippen molar-refractivity contribution in [3.8, 4) is 33.4 Å². The Bertz CT molecular complexity index is 3670. The molecule has 0 fully saturated rings. The Morgan fingerprint density at radius 3 is 1.30 bits per heavy atom. The van der Waals surface area contributed by atoms with Crippen LogP contribution < -0.4 is 0 Å². The molecule has 380 valence electrons. The first-order chi connectivity index (χ1) is 35.1. The summed E-state index contributed by atoms with van der Waals surface area (Å²) in [5, 5.41) is 0. The number of hydrogen-bond acceptors (Lipinski definition) is 10. The van der Waals surface area contributed by atoms with Gasteiger partial charge in [0.15, 0.2) is 52.3 Å². The maximum atomic E-state index is 15.3. The summed E-state index contributed by atoms with van der Waals surface area (Å²) in [5.74, 6) is -18.7. The van der Waals surface area contributed by atoms with Gasteiger partial charge in [-0.25, -0.2) is 35.1 Å². The van der Waals surface area contributed by atoms with E-state index in [-0.39, 0.29) is 43.1 Å². The van der Waals surface area contributed by atoms with Crippen LogP contribution in [-0.2, 0) is 30.2 Å². The third kappa shape index (κ3) is 11.5. The molecule has 0 saturated heterocycles. The van der Waals surface area contributed by atoms with Crippen LogP contribution in [0.4, 0.5) is 35.1 Å². The monoisotopic (exact) mass is 1130 g/mol. The number of thioether (sulfide) groups is 1. The Balaban J connectivity index is 0.989. The lowest BCUT2D eigenvalue weighted by Gasteiger charge is -2.15. The van der Waals surface area contributed by atoms with E-state index in [2.05, 4.69) is 0 Å². The molecule has 0 radical (unpaired) electrons. The summed E-state index contributed by atoms with van der Waals surface area (Å²) in [6, 6.07) is 36.3. The van der Waals surface area contributed by atoms with Crippen LogP contribution in [-0.4, -0.2) is 40.5 Å². The van der Waals surface area contributed by atoms with E-state index in [4.69, 9.17) is 4.18 Å². The number of hydrogen-bond donors (Lipinski definition) is 1. The number of halogens is 8. The van der Waals surface area contributed by atoms with Gasteiger partial charge in [0.25, 0.3) is 20.2 Å². The molecule has 0 saturated carbocycles. The highest BCUT2D eigenvalue weighted by molar-refractivity contribution is 8.00. The summed E-state index contributed by atoms with van der Waals surface area (Å²) in [6.07, 6.45) is 1.99. The van der Waals surface area contributed by atoms with E-state index >= 15 is 17.6 Å². The topological polar surface area (TPSA) is 115 Å². The minimum Gasteiger partial charge on any atom is -0.289 e. The number of rotatable bonds is 16. The first kappa shape index (κ1) is 54.4. The second-order valence-electron chi connectivity index (χ2n) is 16.0. The number of carbonyl (C=O) groups excluding carboxylic acids is 1. The fraction of sp³-hybridized carbons (Fsp3) is 0.0755. The summed E-state index contributed by atoms with van der Waals surface area (Å²) >= 11 is 4.10. The lowest BCUT2D eigenvalue weighted by molar-refractivity contribution is 0.103. The van der Waals surface area contributed by atoms with Gasteiger partial charge in [-0.1, -0.05) is 83.8 Å². The Hall–Kier alpha value is -5.91. The predicted molar refractivity (Wildman–Crippen MR) is 270 cm³/mol. The fourth-order valence-corrected chi connectivity index (χ4v) is 12.4. The number of ketones is 1. The van der Waals surface area contributed by atoms with E-state index in [1.807, 2.05) is 54.8 Å². The molecule has 0 heterocycles. The third-order valence-electron chi connectivity index (χ3n) is 11.3. The van der Waals surface area contributed by atoms with Crippen LogP contribution in [0.3, 0.4) is 0 Å². The van der Waals surface area contributed by atoms with Gasteiger partial charge in [0.05, 0.1) is 23.1 Å². The quantitative estimate of drug-likeness (QED) is 0.0249. The molecule has 8 aromatic rings. The normalized spacial score (nSPS) is 11.8. The van der Waals surface area contributed by atoms with Gasteiger partial charge >= 0.3 is 0 Å². The van der Waals surface area contributed by atoms with E-state index in [1.165, 1.54) is 60.7 Å². The second kappa shape index (κ2) is 22.1. The third-order valence-corrected chi connectivity index (χ3v) is 17.5. The molecule has 0 spiro atoms. The van der Waals surface area contributed by atoms with E-state index in [1.54, 1.807) is 36.0 Å². The smallest absolute Gasteiger partial charge is 0.289 e. The van der Waals surface area contributed by atoms with Gasteiger partial charge in [-0.05, 0) is 126 Å². The molecule has 21 heteroatoms. The molecule has 0 amide bonds. The van der Waals surface area contributed by atoms with E-state index in [0.717, 1.165) is 46.7 Å². The molecule has 0 aromatic heterocycles. The van der Waals surface area contributed by atoms with Crippen molar-refractivity contribution < 1.29 is 65.5 Å². The lowest BCUT2D eigenvalue weighted by Crippen LogP contribution is -2.09. The Morgan fingerprint density at radius 2 is 0.878 bits per heavy atom. The van der Waals surface area contributed by atoms with Crippen LogP contribution in [0.25, 0.3) is 33.4 Å². The maximum absolute atomic E-state index is 15.3. The summed E-state index contributed by atoms with van der Waals surface area (Å²) in [7, 11) is -7.99. The number of carbonyl (C=O) groups is 1. The maximum Gasteiger partial charge on any atom is 0.297 e. The largest absolute Gasteiger partial charge is 0.297 e. The highest BCUT2D eigenvalue weighted by Crippen LogP contribution is 2.43. The van der Waals surface area contributed by atoms with Crippen molar-refractivity contribution in [2.75, 3.05) is 13.4 Å². The molecule has 7 nitrogen and oxygen atoms in total. The van der Waals surface area contributed by atoms with Crippen molar-refractivity contribution >= 4 is 73.1 Å². The van der Waals surface area contributed by atoms with Crippen LogP contribution in [0.2, 0.25) is 0 Å². The van der Waals surface area contributed by atoms with Crippen LogP contribution in [0.5, 0.6) is 0 Å². The molecular weight excluding hydrogens is 1090 g/mol. The van der Waals surface area contributed by atoms with Gasteiger partial charge in [-0.3, -0.25) is 13.5 Å². The van der Waals surface area contributed by atoms with E-state index in [0.29, 0.717) is 32.7 Å².